The van der Waals surface area contributed by atoms with Crippen molar-refractivity contribution in [2.45, 2.75) is 39.2 Å². The summed E-state index contributed by atoms with van der Waals surface area (Å²) in [6.07, 6.45) is 2.11. The lowest BCUT2D eigenvalue weighted by Crippen LogP contribution is -2.28. The Hall–Kier alpha value is -3.56. The molecule has 40 heavy (non-hydrogen) atoms. The Morgan fingerprint density at radius 3 is 2.52 bits per heavy atom. The normalized spacial score (nSPS) is 18.8. The minimum atomic E-state index is -3.15. The van der Waals surface area contributed by atoms with E-state index in [1.807, 2.05) is 42.5 Å². The number of sulfonamides is 1. The molecule has 9 heteroatoms. The number of aryl methyl sites for hydroxylation is 2. The second kappa shape index (κ2) is 11.5. The van der Waals surface area contributed by atoms with Gasteiger partial charge in [-0.1, -0.05) is 24.3 Å². The SMILES string of the molecule is Cc1cc(OC[C@H]2CCN(S(C)(=O)=O)C2)cc(C)c1-c1cccc(COc2ccc3c(c2)OC[C@H]3CC(=O)O)c1. The molecule has 5 rings (SSSR count). The third kappa shape index (κ3) is 6.42. The molecule has 0 unspecified atom stereocenters. The highest BCUT2D eigenvalue weighted by atomic mass is 32.2. The van der Waals surface area contributed by atoms with E-state index >= 15 is 0 Å². The van der Waals surface area contributed by atoms with Crippen LogP contribution in [-0.4, -0.2) is 56.4 Å². The molecule has 3 aromatic carbocycles. The summed E-state index contributed by atoms with van der Waals surface area (Å²) in [5, 5.41) is 9.11. The van der Waals surface area contributed by atoms with Gasteiger partial charge >= 0.3 is 5.97 Å². The lowest BCUT2D eigenvalue weighted by atomic mass is 9.94. The van der Waals surface area contributed by atoms with Gasteiger partial charge in [-0.25, -0.2) is 12.7 Å². The first-order chi connectivity index (χ1) is 19.1. The molecule has 0 saturated carbocycles. The molecule has 8 nitrogen and oxygen atoms in total. The van der Waals surface area contributed by atoms with Crippen molar-refractivity contribution in [3.05, 3.63) is 76.9 Å². The van der Waals surface area contributed by atoms with Crippen molar-refractivity contribution < 1.29 is 32.5 Å². The first kappa shape index (κ1) is 28.0. The van der Waals surface area contributed by atoms with Gasteiger partial charge in [0.1, 0.15) is 23.9 Å². The van der Waals surface area contributed by atoms with Crippen molar-refractivity contribution in [2.24, 2.45) is 5.92 Å². The number of carboxylic acid groups (broad SMARTS) is 1. The molecule has 3 aromatic rings. The second-order valence-corrected chi connectivity index (χ2v) is 12.8. The maximum absolute atomic E-state index is 11.8. The number of ether oxygens (including phenoxy) is 3. The number of fused-ring (bicyclic) bond motifs is 1. The third-order valence-electron chi connectivity index (χ3n) is 7.62. The molecule has 0 aliphatic carbocycles. The molecular formula is C31H35NO7S. The predicted octanol–water partition coefficient (Wildman–Crippen LogP) is 5.16. The van der Waals surface area contributed by atoms with Crippen molar-refractivity contribution in [2.75, 3.05) is 32.6 Å². The van der Waals surface area contributed by atoms with Gasteiger partial charge in [-0.15, -0.1) is 0 Å². The first-order valence-electron chi connectivity index (χ1n) is 13.5. The maximum atomic E-state index is 11.8. The van der Waals surface area contributed by atoms with E-state index in [1.165, 1.54) is 10.6 Å². The highest BCUT2D eigenvalue weighted by Gasteiger charge is 2.29. The van der Waals surface area contributed by atoms with Crippen LogP contribution in [0.1, 0.15) is 41.0 Å². The first-order valence-corrected chi connectivity index (χ1v) is 15.3. The summed E-state index contributed by atoms with van der Waals surface area (Å²) in [6.45, 7) is 6.45. The van der Waals surface area contributed by atoms with E-state index in [0.29, 0.717) is 44.4 Å². The molecular weight excluding hydrogens is 530 g/mol. The molecule has 1 saturated heterocycles. The molecule has 0 radical (unpaired) electrons. The van der Waals surface area contributed by atoms with Crippen molar-refractivity contribution in [3.63, 3.8) is 0 Å². The molecule has 1 N–H and O–H groups in total. The van der Waals surface area contributed by atoms with Crippen LogP contribution in [0.2, 0.25) is 0 Å². The molecule has 2 atom stereocenters. The standard InChI is InChI=1S/C31H35NO7S/c1-20-11-27(38-18-23-9-10-32(16-23)40(3,35)36)12-21(2)31(20)24-6-4-5-22(13-24)17-37-26-7-8-28-25(14-30(33)34)19-39-29(28)15-26/h4-8,11-13,15,23,25H,9-10,14,16-19H2,1-3H3,(H,33,34)/t23-,25+/m0/s1. The summed E-state index contributed by atoms with van der Waals surface area (Å²) in [7, 11) is -3.15. The van der Waals surface area contributed by atoms with Crippen LogP contribution >= 0.6 is 0 Å². The average Bonchev–Trinajstić information content (AvgIpc) is 3.53. The van der Waals surface area contributed by atoms with E-state index in [4.69, 9.17) is 19.3 Å². The van der Waals surface area contributed by atoms with Crippen LogP contribution in [0.4, 0.5) is 0 Å². The number of carboxylic acids is 1. The Morgan fingerprint density at radius 2 is 1.82 bits per heavy atom. The van der Waals surface area contributed by atoms with Gasteiger partial charge in [0.15, 0.2) is 0 Å². The quantitative estimate of drug-likeness (QED) is 0.362. The predicted molar refractivity (Wildman–Crippen MR) is 153 cm³/mol. The number of aliphatic carboxylic acids is 1. The Labute approximate surface area is 235 Å². The summed E-state index contributed by atoms with van der Waals surface area (Å²) in [5.74, 6) is 1.38. The Bertz CT molecular complexity index is 1490. The Balaban J connectivity index is 1.22. The molecule has 1 fully saturated rings. The number of hydrogen-bond acceptors (Lipinski definition) is 6. The molecule has 0 bridgehead atoms. The van der Waals surface area contributed by atoms with Crippen LogP contribution in [-0.2, 0) is 21.4 Å². The smallest absolute Gasteiger partial charge is 0.304 e. The fourth-order valence-corrected chi connectivity index (χ4v) is 6.54. The zero-order chi connectivity index (χ0) is 28.4. The van der Waals surface area contributed by atoms with Gasteiger partial charge in [0.05, 0.1) is 25.9 Å². The van der Waals surface area contributed by atoms with Crippen LogP contribution in [0.5, 0.6) is 17.2 Å². The van der Waals surface area contributed by atoms with Gasteiger partial charge in [-0.2, -0.15) is 0 Å². The zero-order valence-electron chi connectivity index (χ0n) is 23.1. The minimum Gasteiger partial charge on any atom is -0.493 e. The summed E-state index contributed by atoms with van der Waals surface area (Å²) < 4.78 is 42.9. The number of carbonyl (C=O) groups is 1. The van der Waals surface area contributed by atoms with E-state index in [2.05, 4.69) is 26.0 Å². The number of rotatable bonds is 10. The molecule has 2 heterocycles. The van der Waals surface area contributed by atoms with Crippen LogP contribution < -0.4 is 14.2 Å². The molecule has 212 valence electrons. The fraction of sp³-hybridized carbons (Fsp3) is 0.387. The van der Waals surface area contributed by atoms with Gasteiger partial charge < -0.3 is 19.3 Å². The van der Waals surface area contributed by atoms with Gasteiger partial charge in [-0.3, -0.25) is 4.79 Å². The second-order valence-electron chi connectivity index (χ2n) is 10.8. The lowest BCUT2D eigenvalue weighted by molar-refractivity contribution is -0.137. The molecule has 2 aliphatic rings. The summed E-state index contributed by atoms with van der Waals surface area (Å²) in [6, 6.07) is 17.9. The van der Waals surface area contributed by atoms with Gasteiger partial charge in [0.2, 0.25) is 10.0 Å². The molecule has 0 aromatic heterocycles. The maximum Gasteiger partial charge on any atom is 0.304 e. The van der Waals surface area contributed by atoms with E-state index in [9.17, 15) is 13.2 Å². The van der Waals surface area contributed by atoms with E-state index in [-0.39, 0.29) is 18.3 Å². The molecule has 0 spiro atoms. The van der Waals surface area contributed by atoms with Crippen molar-refractivity contribution >= 4 is 16.0 Å². The van der Waals surface area contributed by atoms with Crippen molar-refractivity contribution in [1.29, 1.82) is 0 Å². The van der Waals surface area contributed by atoms with Crippen LogP contribution in [0, 0.1) is 19.8 Å². The van der Waals surface area contributed by atoms with E-state index in [0.717, 1.165) is 45.6 Å². The van der Waals surface area contributed by atoms with E-state index in [1.54, 1.807) is 0 Å². The largest absolute Gasteiger partial charge is 0.493 e. The zero-order valence-corrected chi connectivity index (χ0v) is 23.9. The van der Waals surface area contributed by atoms with Gasteiger partial charge in [-0.05, 0) is 72.4 Å². The Morgan fingerprint density at radius 1 is 1.05 bits per heavy atom. The fourth-order valence-electron chi connectivity index (χ4n) is 5.62. The van der Waals surface area contributed by atoms with Crippen molar-refractivity contribution in [1.82, 2.24) is 4.31 Å². The van der Waals surface area contributed by atoms with Gasteiger partial charge in [0, 0.05) is 36.6 Å². The summed E-state index contributed by atoms with van der Waals surface area (Å²) in [5.41, 5.74) is 6.38. The van der Waals surface area contributed by atoms with Crippen molar-refractivity contribution in [3.8, 4) is 28.4 Å². The van der Waals surface area contributed by atoms with E-state index < -0.39 is 16.0 Å². The number of benzene rings is 3. The third-order valence-corrected chi connectivity index (χ3v) is 8.89. The molecule has 2 aliphatic heterocycles. The van der Waals surface area contributed by atoms with Crippen LogP contribution in [0.3, 0.4) is 0 Å². The number of hydrogen-bond donors (Lipinski definition) is 1. The lowest BCUT2D eigenvalue weighted by Gasteiger charge is -2.17. The summed E-state index contributed by atoms with van der Waals surface area (Å²) >= 11 is 0. The average molecular weight is 566 g/mol. The highest BCUT2D eigenvalue weighted by Crippen LogP contribution is 2.38. The number of nitrogens with zero attached hydrogens (tertiary/aromatic N) is 1. The van der Waals surface area contributed by atoms with Crippen LogP contribution in [0.25, 0.3) is 11.1 Å². The topological polar surface area (TPSA) is 102 Å². The van der Waals surface area contributed by atoms with Crippen LogP contribution in [0.15, 0.2) is 54.6 Å². The highest BCUT2D eigenvalue weighted by molar-refractivity contribution is 7.88. The molecule has 0 amide bonds. The summed E-state index contributed by atoms with van der Waals surface area (Å²) in [4.78, 5) is 11.1. The Kier molecular flexibility index (Phi) is 8.05. The monoisotopic (exact) mass is 565 g/mol. The minimum absolute atomic E-state index is 0.0522. The van der Waals surface area contributed by atoms with Gasteiger partial charge in [0.25, 0.3) is 0 Å².